The van der Waals surface area contributed by atoms with Gasteiger partial charge in [0.25, 0.3) is 0 Å². The van der Waals surface area contributed by atoms with E-state index in [0.717, 1.165) is 18.8 Å². The van der Waals surface area contributed by atoms with Crippen LogP contribution in [0.3, 0.4) is 0 Å². The molecule has 3 heteroatoms. The fourth-order valence-electron chi connectivity index (χ4n) is 4.93. The Bertz CT molecular complexity index is 497. The third-order valence-corrected chi connectivity index (χ3v) is 7.22. The quantitative estimate of drug-likeness (QED) is 0.250. The standard InChI is InChI=1S/C22H38N2O.C6H14.2C2H6/c1-4-23-11-7-19(8-12-23)17-24-13-9-21(10-14-24)25-22-15-20(16-22)6-5-18(2)3;1-3-5-6-4-2;2*1-2/h18-22H,4,7-17H2,1-3H3;3-6H2,1-2H3;2*1-2H3. The predicted molar refractivity (Wildman–Crippen MR) is 157 cm³/mol. The summed E-state index contributed by atoms with van der Waals surface area (Å²) in [6, 6.07) is 0. The molecule has 2 saturated heterocycles. The lowest BCUT2D eigenvalue weighted by molar-refractivity contribution is -0.0858. The summed E-state index contributed by atoms with van der Waals surface area (Å²) in [5.74, 6) is 8.73. The lowest BCUT2D eigenvalue weighted by Crippen LogP contribution is -2.44. The SMILES string of the molecule is CC.CC.CCCCCC.CCN1CCC(CN2CCC(OC3CC(C#CC(C)C)C3)CC2)CC1. The molecule has 0 aromatic heterocycles. The van der Waals surface area contributed by atoms with Crippen molar-refractivity contribution in [3.8, 4) is 11.8 Å². The molecule has 0 aromatic carbocycles. The van der Waals surface area contributed by atoms with Crippen LogP contribution in [-0.2, 0) is 4.74 Å². The number of hydrogen-bond acceptors (Lipinski definition) is 3. The summed E-state index contributed by atoms with van der Waals surface area (Å²) in [4.78, 5) is 5.29. The summed E-state index contributed by atoms with van der Waals surface area (Å²) in [7, 11) is 0. The molecule has 0 bridgehead atoms. The van der Waals surface area contributed by atoms with E-state index in [4.69, 9.17) is 4.74 Å². The van der Waals surface area contributed by atoms with Gasteiger partial charge in [0, 0.05) is 31.5 Å². The molecule has 0 amide bonds. The van der Waals surface area contributed by atoms with Gasteiger partial charge in [-0.2, -0.15) is 0 Å². The van der Waals surface area contributed by atoms with Gasteiger partial charge in [0.15, 0.2) is 0 Å². The molecule has 3 rings (SSSR count). The Morgan fingerprint density at radius 1 is 0.743 bits per heavy atom. The maximum absolute atomic E-state index is 6.33. The van der Waals surface area contributed by atoms with E-state index in [0.29, 0.717) is 24.0 Å². The van der Waals surface area contributed by atoms with Crippen LogP contribution < -0.4 is 0 Å². The minimum absolute atomic E-state index is 0.487. The monoisotopic (exact) mass is 493 g/mol. The Kier molecular flexibility index (Phi) is 22.3. The van der Waals surface area contributed by atoms with Crippen molar-refractivity contribution in [3.63, 3.8) is 0 Å². The largest absolute Gasteiger partial charge is 0.375 e. The summed E-state index contributed by atoms with van der Waals surface area (Å²) in [6.45, 7) is 26.7. The molecule has 208 valence electrons. The highest BCUT2D eigenvalue weighted by Gasteiger charge is 2.32. The van der Waals surface area contributed by atoms with Crippen LogP contribution in [0.5, 0.6) is 0 Å². The van der Waals surface area contributed by atoms with Crippen LogP contribution in [-0.4, -0.2) is 61.3 Å². The zero-order valence-electron chi connectivity index (χ0n) is 25.5. The fourth-order valence-corrected chi connectivity index (χ4v) is 4.93. The normalized spacial score (nSPS) is 23.4. The van der Waals surface area contributed by atoms with Crippen LogP contribution in [0, 0.1) is 29.6 Å². The molecule has 2 heterocycles. The molecule has 0 radical (unpaired) electrons. The number of hydrogen-bond donors (Lipinski definition) is 0. The maximum atomic E-state index is 6.33. The van der Waals surface area contributed by atoms with Crippen LogP contribution in [0.4, 0.5) is 0 Å². The number of likely N-dealkylation sites (tertiary alicyclic amines) is 2. The van der Waals surface area contributed by atoms with E-state index in [1.54, 1.807) is 0 Å². The first-order valence-electron chi connectivity index (χ1n) is 15.6. The van der Waals surface area contributed by atoms with Crippen LogP contribution >= 0.6 is 0 Å². The molecule has 0 aromatic rings. The van der Waals surface area contributed by atoms with Crippen molar-refractivity contribution in [1.82, 2.24) is 9.80 Å². The Labute approximate surface area is 222 Å². The van der Waals surface area contributed by atoms with Crippen molar-refractivity contribution in [3.05, 3.63) is 0 Å². The summed E-state index contributed by atoms with van der Waals surface area (Å²) in [5, 5.41) is 0. The van der Waals surface area contributed by atoms with Crippen LogP contribution in [0.15, 0.2) is 0 Å². The van der Waals surface area contributed by atoms with Gasteiger partial charge in [-0.3, -0.25) is 0 Å². The molecule has 3 nitrogen and oxygen atoms in total. The van der Waals surface area contributed by atoms with Gasteiger partial charge < -0.3 is 14.5 Å². The second-order valence-electron chi connectivity index (χ2n) is 10.5. The molecule has 1 aliphatic carbocycles. The van der Waals surface area contributed by atoms with Gasteiger partial charge in [0.05, 0.1) is 12.2 Å². The Hall–Kier alpha value is -0.560. The predicted octanol–water partition coefficient (Wildman–Crippen LogP) is 8.28. The minimum Gasteiger partial charge on any atom is -0.375 e. The number of rotatable bonds is 8. The second kappa shape index (κ2) is 22.6. The molecule has 0 unspecified atom stereocenters. The van der Waals surface area contributed by atoms with Gasteiger partial charge in [-0.15, -0.1) is 5.92 Å². The van der Waals surface area contributed by atoms with Crippen molar-refractivity contribution >= 4 is 0 Å². The van der Waals surface area contributed by atoms with Crippen LogP contribution in [0.1, 0.15) is 127 Å². The number of nitrogens with zero attached hydrogens (tertiary/aromatic N) is 2. The Morgan fingerprint density at radius 2 is 1.26 bits per heavy atom. The van der Waals surface area contributed by atoms with E-state index in [1.165, 1.54) is 90.6 Å². The van der Waals surface area contributed by atoms with Gasteiger partial charge in [0.2, 0.25) is 0 Å². The van der Waals surface area contributed by atoms with Gasteiger partial charge in [0.1, 0.15) is 0 Å². The summed E-state index contributed by atoms with van der Waals surface area (Å²) >= 11 is 0. The average molecular weight is 493 g/mol. The highest BCUT2D eigenvalue weighted by atomic mass is 16.5. The van der Waals surface area contributed by atoms with Crippen molar-refractivity contribution in [2.24, 2.45) is 17.8 Å². The second-order valence-corrected chi connectivity index (χ2v) is 10.5. The van der Waals surface area contributed by atoms with Gasteiger partial charge in [-0.1, -0.05) is 93.9 Å². The third kappa shape index (κ3) is 16.0. The highest BCUT2D eigenvalue weighted by Crippen LogP contribution is 2.32. The molecule has 1 saturated carbocycles. The van der Waals surface area contributed by atoms with Crippen molar-refractivity contribution < 1.29 is 4.74 Å². The van der Waals surface area contributed by atoms with E-state index < -0.39 is 0 Å². The third-order valence-electron chi connectivity index (χ3n) is 7.22. The molecule has 3 fully saturated rings. The van der Waals surface area contributed by atoms with E-state index in [-0.39, 0.29) is 0 Å². The lowest BCUT2D eigenvalue weighted by Gasteiger charge is -2.40. The first-order valence-corrected chi connectivity index (χ1v) is 15.6. The number of piperidine rings is 2. The van der Waals surface area contributed by atoms with Gasteiger partial charge >= 0.3 is 0 Å². The van der Waals surface area contributed by atoms with Gasteiger partial charge in [-0.25, -0.2) is 0 Å². The fraction of sp³-hybridized carbons (Fsp3) is 0.938. The topological polar surface area (TPSA) is 15.7 Å². The summed E-state index contributed by atoms with van der Waals surface area (Å²) < 4.78 is 6.33. The molecule has 0 N–H and O–H groups in total. The summed E-state index contributed by atoms with van der Waals surface area (Å²) in [6.07, 6.45) is 14.1. The average Bonchev–Trinajstić information content (AvgIpc) is 2.88. The first-order chi connectivity index (χ1) is 17.0. The number of ether oxygens (including phenoxy) is 1. The zero-order valence-corrected chi connectivity index (χ0v) is 25.5. The Morgan fingerprint density at radius 3 is 1.71 bits per heavy atom. The van der Waals surface area contributed by atoms with Crippen molar-refractivity contribution in [2.45, 2.75) is 139 Å². The van der Waals surface area contributed by atoms with E-state index in [1.807, 2.05) is 27.7 Å². The summed E-state index contributed by atoms with van der Waals surface area (Å²) in [5.41, 5.74) is 0. The van der Waals surface area contributed by atoms with Gasteiger partial charge in [-0.05, 0) is 64.1 Å². The Balaban J connectivity index is 0.000000997. The van der Waals surface area contributed by atoms with Crippen molar-refractivity contribution in [1.29, 1.82) is 0 Å². The molecule has 2 aliphatic heterocycles. The minimum atomic E-state index is 0.487. The van der Waals surface area contributed by atoms with Crippen LogP contribution in [0.25, 0.3) is 0 Å². The van der Waals surface area contributed by atoms with E-state index in [2.05, 4.69) is 56.3 Å². The zero-order chi connectivity index (χ0) is 26.5. The van der Waals surface area contributed by atoms with Crippen molar-refractivity contribution in [2.75, 3.05) is 39.3 Å². The molecular formula is C32H64N2O. The molecule has 3 aliphatic rings. The van der Waals surface area contributed by atoms with Crippen LogP contribution in [0.2, 0.25) is 0 Å². The molecule has 35 heavy (non-hydrogen) atoms. The smallest absolute Gasteiger partial charge is 0.0603 e. The lowest BCUT2D eigenvalue weighted by atomic mass is 9.82. The maximum Gasteiger partial charge on any atom is 0.0603 e. The molecule has 0 spiro atoms. The van der Waals surface area contributed by atoms with E-state index in [9.17, 15) is 0 Å². The number of unbranched alkanes of at least 4 members (excludes halogenated alkanes) is 3. The van der Waals surface area contributed by atoms with E-state index >= 15 is 0 Å². The molecule has 0 atom stereocenters. The highest BCUT2D eigenvalue weighted by molar-refractivity contribution is 5.10. The first kappa shape index (κ1) is 34.4. The molecular weight excluding hydrogens is 428 g/mol.